The monoisotopic (exact) mass is 350 g/mol. The topological polar surface area (TPSA) is 67.4 Å². The van der Waals surface area contributed by atoms with Crippen molar-refractivity contribution in [2.24, 2.45) is 0 Å². The highest BCUT2D eigenvalue weighted by molar-refractivity contribution is 6.39. The third kappa shape index (κ3) is 4.45. The predicted octanol–water partition coefficient (Wildman–Crippen LogP) is 3.30. The molecule has 0 aromatic heterocycles. The van der Waals surface area contributed by atoms with E-state index in [9.17, 15) is 14.0 Å². The average molecular weight is 351 g/mol. The Balaban J connectivity index is 1.98. The largest absolute Gasteiger partial charge is 0.494 e. The van der Waals surface area contributed by atoms with Gasteiger partial charge in [0, 0.05) is 10.7 Å². The second-order valence-electron chi connectivity index (χ2n) is 5.05. The van der Waals surface area contributed by atoms with Crippen molar-refractivity contribution in [3.05, 3.63) is 58.9 Å². The first kappa shape index (κ1) is 17.7. The minimum Gasteiger partial charge on any atom is -0.494 e. The van der Waals surface area contributed by atoms with Crippen LogP contribution in [-0.4, -0.2) is 18.9 Å². The van der Waals surface area contributed by atoms with Crippen molar-refractivity contribution in [1.29, 1.82) is 0 Å². The van der Waals surface area contributed by atoms with E-state index in [0.717, 1.165) is 0 Å². The third-order valence-corrected chi connectivity index (χ3v) is 3.58. The van der Waals surface area contributed by atoms with Gasteiger partial charge in [-0.3, -0.25) is 9.59 Å². The summed E-state index contributed by atoms with van der Waals surface area (Å²) in [6.45, 7) is 1.65. The molecular formula is C17H16ClFN2O3. The fraction of sp³-hybridized carbons (Fsp3) is 0.176. The van der Waals surface area contributed by atoms with Gasteiger partial charge in [0.15, 0.2) is 11.6 Å². The zero-order valence-electron chi connectivity index (χ0n) is 13.1. The molecule has 2 aromatic rings. The number of benzene rings is 2. The van der Waals surface area contributed by atoms with Crippen LogP contribution in [0.1, 0.15) is 18.5 Å². The minimum atomic E-state index is -0.825. The molecule has 0 aliphatic carbocycles. The molecule has 2 N–H and O–H groups in total. The van der Waals surface area contributed by atoms with Crippen molar-refractivity contribution in [2.45, 2.75) is 13.0 Å². The number of carbonyl (C=O) groups is 2. The lowest BCUT2D eigenvalue weighted by Gasteiger charge is -2.15. The number of amides is 2. The van der Waals surface area contributed by atoms with Crippen LogP contribution in [0.25, 0.3) is 0 Å². The lowest BCUT2D eigenvalue weighted by molar-refractivity contribution is -0.136. The van der Waals surface area contributed by atoms with Crippen LogP contribution in [0.4, 0.5) is 10.1 Å². The van der Waals surface area contributed by atoms with E-state index >= 15 is 0 Å². The van der Waals surface area contributed by atoms with Crippen molar-refractivity contribution in [3.8, 4) is 5.75 Å². The van der Waals surface area contributed by atoms with Gasteiger partial charge in [-0.2, -0.15) is 0 Å². The summed E-state index contributed by atoms with van der Waals surface area (Å²) >= 11 is 5.75. The summed E-state index contributed by atoms with van der Waals surface area (Å²) < 4.78 is 18.5. The normalized spacial score (nSPS) is 11.5. The Morgan fingerprint density at radius 2 is 1.79 bits per heavy atom. The molecule has 1 atom stereocenters. The SMILES string of the molecule is COc1ccc(C(C)NC(=O)C(=O)Nc2ccc(Cl)cc2)cc1F. The summed E-state index contributed by atoms with van der Waals surface area (Å²) in [6.07, 6.45) is 0. The molecule has 0 radical (unpaired) electrons. The number of nitrogens with one attached hydrogen (secondary N) is 2. The van der Waals surface area contributed by atoms with Crippen LogP contribution in [0.2, 0.25) is 5.02 Å². The van der Waals surface area contributed by atoms with Gasteiger partial charge in [-0.05, 0) is 48.9 Å². The Bertz CT molecular complexity index is 750. The molecule has 0 aliphatic rings. The van der Waals surface area contributed by atoms with E-state index in [2.05, 4.69) is 10.6 Å². The molecule has 2 amide bonds. The van der Waals surface area contributed by atoms with E-state index in [-0.39, 0.29) is 5.75 Å². The van der Waals surface area contributed by atoms with Crippen molar-refractivity contribution in [3.63, 3.8) is 0 Å². The minimum absolute atomic E-state index is 0.109. The van der Waals surface area contributed by atoms with Crippen LogP contribution in [0.15, 0.2) is 42.5 Å². The van der Waals surface area contributed by atoms with Crippen LogP contribution < -0.4 is 15.4 Å². The predicted molar refractivity (Wildman–Crippen MR) is 89.6 cm³/mol. The highest BCUT2D eigenvalue weighted by Crippen LogP contribution is 2.21. The molecule has 24 heavy (non-hydrogen) atoms. The number of carbonyl (C=O) groups excluding carboxylic acids is 2. The molecule has 2 aromatic carbocycles. The second-order valence-corrected chi connectivity index (χ2v) is 5.49. The van der Waals surface area contributed by atoms with Crippen molar-refractivity contribution < 1.29 is 18.7 Å². The highest BCUT2D eigenvalue weighted by atomic mass is 35.5. The fourth-order valence-electron chi connectivity index (χ4n) is 2.02. The number of halogens is 2. The van der Waals surface area contributed by atoms with Crippen LogP contribution in [0.5, 0.6) is 5.75 Å². The quantitative estimate of drug-likeness (QED) is 0.831. The number of anilines is 1. The molecule has 0 fully saturated rings. The molecule has 5 nitrogen and oxygen atoms in total. The van der Waals surface area contributed by atoms with E-state index in [1.807, 2.05) is 0 Å². The molecule has 126 valence electrons. The highest BCUT2D eigenvalue weighted by Gasteiger charge is 2.18. The van der Waals surface area contributed by atoms with Gasteiger partial charge in [-0.25, -0.2) is 4.39 Å². The Hall–Kier alpha value is -2.60. The van der Waals surface area contributed by atoms with Crippen molar-refractivity contribution in [1.82, 2.24) is 5.32 Å². The van der Waals surface area contributed by atoms with Gasteiger partial charge in [0.2, 0.25) is 0 Å². The zero-order chi connectivity index (χ0) is 17.7. The number of hydrogen-bond donors (Lipinski definition) is 2. The molecule has 2 rings (SSSR count). The second kappa shape index (κ2) is 7.79. The summed E-state index contributed by atoms with van der Waals surface area (Å²) in [6, 6.07) is 10.1. The van der Waals surface area contributed by atoms with E-state index < -0.39 is 23.7 Å². The van der Waals surface area contributed by atoms with Crippen LogP contribution in [0, 0.1) is 5.82 Å². The molecule has 0 heterocycles. The Morgan fingerprint density at radius 3 is 2.38 bits per heavy atom. The first-order chi connectivity index (χ1) is 11.4. The molecule has 0 aliphatic heterocycles. The standard InChI is InChI=1S/C17H16ClFN2O3/c1-10(11-3-8-15(24-2)14(19)9-11)20-16(22)17(23)21-13-6-4-12(18)5-7-13/h3-10H,1-2H3,(H,20,22)(H,21,23). The van der Waals surface area contributed by atoms with Gasteiger partial charge in [-0.15, -0.1) is 0 Å². The van der Waals surface area contributed by atoms with Gasteiger partial charge in [-0.1, -0.05) is 17.7 Å². The maximum atomic E-state index is 13.7. The lowest BCUT2D eigenvalue weighted by atomic mass is 10.1. The number of rotatable bonds is 4. The lowest BCUT2D eigenvalue weighted by Crippen LogP contribution is -2.36. The zero-order valence-corrected chi connectivity index (χ0v) is 13.9. The first-order valence-electron chi connectivity index (χ1n) is 7.11. The third-order valence-electron chi connectivity index (χ3n) is 3.33. The molecular weight excluding hydrogens is 335 g/mol. The molecule has 0 saturated heterocycles. The summed E-state index contributed by atoms with van der Waals surface area (Å²) in [5, 5.41) is 5.48. The van der Waals surface area contributed by atoms with Crippen molar-refractivity contribution >= 4 is 29.1 Å². The fourth-order valence-corrected chi connectivity index (χ4v) is 2.14. The first-order valence-corrected chi connectivity index (χ1v) is 7.49. The van der Waals surface area contributed by atoms with Gasteiger partial charge >= 0.3 is 11.8 Å². The summed E-state index contributed by atoms with van der Waals surface area (Å²) in [7, 11) is 1.37. The number of hydrogen-bond acceptors (Lipinski definition) is 3. The van der Waals surface area contributed by atoms with Crippen LogP contribution in [0.3, 0.4) is 0 Å². The number of methoxy groups -OCH3 is 1. The van der Waals surface area contributed by atoms with Crippen LogP contribution >= 0.6 is 11.6 Å². The van der Waals surface area contributed by atoms with E-state index in [0.29, 0.717) is 16.3 Å². The Morgan fingerprint density at radius 1 is 1.12 bits per heavy atom. The maximum absolute atomic E-state index is 13.7. The van der Waals surface area contributed by atoms with E-state index in [1.54, 1.807) is 37.3 Å². The Labute approximate surface area is 143 Å². The molecule has 0 spiro atoms. The van der Waals surface area contributed by atoms with Gasteiger partial charge in [0.25, 0.3) is 0 Å². The smallest absolute Gasteiger partial charge is 0.313 e. The van der Waals surface area contributed by atoms with Gasteiger partial charge in [0.05, 0.1) is 13.2 Å². The molecule has 0 saturated carbocycles. The van der Waals surface area contributed by atoms with Gasteiger partial charge < -0.3 is 15.4 Å². The Kier molecular flexibility index (Phi) is 5.76. The summed E-state index contributed by atoms with van der Waals surface area (Å²) in [5.41, 5.74) is 0.962. The average Bonchev–Trinajstić information content (AvgIpc) is 2.56. The summed E-state index contributed by atoms with van der Waals surface area (Å²) in [5.74, 6) is -2.08. The molecule has 0 bridgehead atoms. The number of ether oxygens (including phenoxy) is 1. The van der Waals surface area contributed by atoms with Gasteiger partial charge in [0.1, 0.15) is 0 Å². The maximum Gasteiger partial charge on any atom is 0.313 e. The van der Waals surface area contributed by atoms with E-state index in [1.165, 1.54) is 19.2 Å². The molecule has 1 unspecified atom stereocenters. The van der Waals surface area contributed by atoms with Crippen LogP contribution in [-0.2, 0) is 9.59 Å². The van der Waals surface area contributed by atoms with E-state index in [4.69, 9.17) is 16.3 Å². The molecule has 7 heteroatoms. The summed E-state index contributed by atoms with van der Waals surface area (Å²) in [4.78, 5) is 23.8. The van der Waals surface area contributed by atoms with Crippen molar-refractivity contribution in [2.75, 3.05) is 12.4 Å².